The number of hydrogen-bond acceptors (Lipinski definition) is 3. The second-order valence-corrected chi connectivity index (χ2v) is 3.19. The van der Waals surface area contributed by atoms with E-state index in [9.17, 15) is 13.6 Å². The minimum absolute atomic E-state index is 0.883. The standard InChI is InChI=1S/C5H8BrF2NO2/c1-4(9,3(10)11-2)5(6,7)8/h9H2,1-2H3/t4-/m1/s1. The van der Waals surface area contributed by atoms with Crippen LogP contribution in [0.5, 0.6) is 0 Å². The Morgan fingerprint density at radius 1 is 1.64 bits per heavy atom. The Balaban J connectivity index is 4.59. The van der Waals surface area contributed by atoms with Crippen molar-refractivity contribution in [1.29, 1.82) is 0 Å². The second kappa shape index (κ2) is 3.02. The molecule has 1 atom stereocenters. The van der Waals surface area contributed by atoms with Crippen molar-refractivity contribution >= 4 is 21.9 Å². The van der Waals surface area contributed by atoms with Gasteiger partial charge in [0.2, 0.25) is 0 Å². The summed E-state index contributed by atoms with van der Waals surface area (Å²) in [4.78, 5) is 7.16. The number of esters is 1. The lowest BCUT2D eigenvalue weighted by Crippen LogP contribution is -2.56. The number of rotatable bonds is 2. The third-order valence-corrected chi connectivity index (χ3v) is 2.02. The maximum Gasteiger partial charge on any atom is 0.332 e. The van der Waals surface area contributed by atoms with Gasteiger partial charge in [0.05, 0.1) is 7.11 Å². The van der Waals surface area contributed by atoms with Crippen molar-refractivity contribution in [3.63, 3.8) is 0 Å². The first-order valence-electron chi connectivity index (χ1n) is 2.67. The molecule has 0 heterocycles. The zero-order valence-corrected chi connectivity index (χ0v) is 7.61. The largest absolute Gasteiger partial charge is 0.467 e. The zero-order valence-electron chi connectivity index (χ0n) is 6.03. The first-order chi connectivity index (χ1) is 4.73. The molecule has 0 amide bonds. The molecule has 0 aliphatic carbocycles. The molecule has 0 spiro atoms. The van der Waals surface area contributed by atoms with E-state index in [1.54, 1.807) is 0 Å². The lowest BCUT2D eigenvalue weighted by molar-refractivity contribution is -0.153. The average Bonchev–Trinajstić information content (AvgIpc) is 1.83. The van der Waals surface area contributed by atoms with Gasteiger partial charge in [-0.1, -0.05) is 0 Å². The molecular formula is C5H8BrF2NO2. The minimum Gasteiger partial charge on any atom is -0.467 e. The maximum atomic E-state index is 12.4. The fourth-order valence-corrected chi connectivity index (χ4v) is 0.490. The molecule has 6 heteroatoms. The summed E-state index contributed by atoms with van der Waals surface area (Å²) in [6.45, 7) is 0.883. The van der Waals surface area contributed by atoms with E-state index in [-0.39, 0.29) is 0 Å². The summed E-state index contributed by atoms with van der Waals surface area (Å²) in [5, 5.41) is 0. The SMILES string of the molecule is COC(=O)[C@@](C)(N)C(F)(F)Br. The van der Waals surface area contributed by atoms with Crippen LogP contribution in [-0.2, 0) is 9.53 Å². The highest BCUT2D eigenvalue weighted by Crippen LogP contribution is 2.33. The van der Waals surface area contributed by atoms with E-state index < -0.39 is 16.3 Å². The molecule has 0 fully saturated rings. The molecule has 0 saturated carbocycles. The Morgan fingerprint density at radius 3 is 2.09 bits per heavy atom. The highest BCUT2D eigenvalue weighted by molar-refractivity contribution is 9.10. The predicted octanol–water partition coefficient (Wildman–Crippen LogP) is 0.865. The molecule has 2 N–H and O–H groups in total. The molecule has 0 aromatic carbocycles. The summed E-state index contributed by atoms with van der Waals surface area (Å²) in [5.41, 5.74) is 2.64. The second-order valence-electron chi connectivity index (χ2n) is 2.19. The average molecular weight is 232 g/mol. The van der Waals surface area contributed by atoms with Crippen LogP contribution in [0.2, 0.25) is 0 Å². The van der Waals surface area contributed by atoms with Crippen LogP contribution in [0.3, 0.4) is 0 Å². The number of hydrogen-bond donors (Lipinski definition) is 1. The van der Waals surface area contributed by atoms with Gasteiger partial charge in [0.1, 0.15) is 0 Å². The zero-order chi connectivity index (χ0) is 9.28. The molecule has 3 nitrogen and oxygen atoms in total. The summed E-state index contributed by atoms with van der Waals surface area (Å²) in [6.07, 6.45) is 0. The molecule has 0 aliphatic rings. The molecule has 11 heavy (non-hydrogen) atoms. The Bertz CT molecular complexity index is 166. The van der Waals surface area contributed by atoms with Gasteiger partial charge in [-0.3, -0.25) is 0 Å². The van der Waals surface area contributed by atoms with Crippen LogP contribution < -0.4 is 5.73 Å². The van der Waals surface area contributed by atoms with Crippen LogP contribution in [0.15, 0.2) is 0 Å². The van der Waals surface area contributed by atoms with Gasteiger partial charge in [0, 0.05) is 0 Å². The van der Waals surface area contributed by atoms with Crippen LogP contribution in [0.4, 0.5) is 8.78 Å². The Kier molecular flexibility index (Phi) is 2.96. The van der Waals surface area contributed by atoms with Gasteiger partial charge in [0.15, 0.2) is 5.54 Å². The summed E-state index contributed by atoms with van der Waals surface area (Å²) in [7, 11) is 0.992. The number of alkyl halides is 3. The van der Waals surface area contributed by atoms with Crippen LogP contribution in [0.25, 0.3) is 0 Å². The molecule has 0 saturated heterocycles. The number of carbonyl (C=O) groups excluding carboxylic acids is 1. The fraction of sp³-hybridized carbons (Fsp3) is 0.800. The molecule has 0 aromatic heterocycles. The minimum atomic E-state index is -3.47. The number of carbonyl (C=O) groups is 1. The molecule has 0 aliphatic heterocycles. The molecule has 0 rings (SSSR count). The highest BCUT2D eigenvalue weighted by Gasteiger charge is 2.52. The van der Waals surface area contributed by atoms with E-state index in [4.69, 9.17) is 5.73 Å². The van der Waals surface area contributed by atoms with Crippen molar-refractivity contribution in [3.8, 4) is 0 Å². The van der Waals surface area contributed by atoms with E-state index in [1.165, 1.54) is 0 Å². The predicted molar refractivity (Wildman–Crippen MR) is 38.5 cm³/mol. The lowest BCUT2D eigenvalue weighted by atomic mass is 10.1. The third kappa shape index (κ3) is 2.10. The number of halogens is 3. The molecular weight excluding hydrogens is 224 g/mol. The Morgan fingerprint density at radius 2 is 2.00 bits per heavy atom. The highest BCUT2D eigenvalue weighted by atomic mass is 79.9. The van der Waals surface area contributed by atoms with Crippen LogP contribution in [-0.4, -0.2) is 23.4 Å². The van der Waals surface area contributed by atoms with Crippen molar-refractivity contribution in [3.05, 3.63) is 0 Å². The van der Waals surface area contributed by atoms with E-state index in [1.807, 2.05) is 15.9 Å². The smallest absolute Gasteiger partial charge is 0.332 e. The van der Waals surface area contributed by atoms with Gasteiger partial charge in [0.25, 0.3) is 0 Å². The molecule has 66 valence electrons. The monoisotopic (exact) mass is 231 g/mol. The fourth-order valence-electron chi connectivity index (χ4n) is 0.328. The summed E-state index contributed by atoms with van der Waals surface area (Å²) < 4.78 is 28.9. The topological polar surface area (TPSA) is 52.3 Å². The number of nitrogens with two attached hydrogens (primary N) is 1. The van der Waals surface area contributed by atoms with Crippen molar-refractivity contribution < 1.29 is 18.3 Å². The first-order valence-corrected chi connectivity index (χ1v) is 3.47. The summed E-state index contributed by atoms with van der Waals surface area (Å²) in [5.74, 6) is -1.17. The normalized spacial score (nSPS) is 17.3. The van der Waals surface area contributed by atoms with Crippen molar-refractivity contribution in [1.82, 2.24) is 0 Å². The van der Waals surface area contributed by atoms with E-state index in [0.29, 0.717) is 0 Å². The van der Waals surface area contributed by atoms with Gasteiger partial charge in [-0.15, -0.1) is 0 Å². The molecule has 0 radical (unpaired) electrons. The maximum absolute atomic E-state index is 12.4. The van der Waals surface area contributed by atoms with Gasteiger partial charge < -0.3 is 10.5 Å². The van der Waals surface area contributed by atoms with E-state index in [0.717, 1.165) is 14.0 Å². The van der Waals surface area contributed by atoms with Gasteiger partial charge in [-0.25, -0.2) is 4.79 Å². The van der Waals surface area contributed by atoms with Gasteiger partial charge in [-0.2, -0.15) is 8.78 Å². The number of methoxy groups -OCH3 is 1. The van der Waals surface area contributed by atoms with Gasteiger partial charge >= 0.3 is 10.8 Å². The Hall–Kier alpha value is -0.230. The molecule has 0 unspecified atom stereocenters. The van der Waals surface area contributed by atoms with Crippen molar-refractivity contribution in [2.45, 2.75) is 17.3 Å². The van der Waals surface area contributed by atoms with Crippen molar-refractivity contribution in [2.24, 2.45) is 5.73 Å². The Labute approximate surface area is 71.0 Å². The van der Waals surface area contributed by atoms with Crippen LogP contribution in [0.1, 0.15) is 6.92 Å². The van der Waals surface area contributed by atoms with Gasteiger partial charge in [-0.05, 0) is 22.9 Å². The van der Waals surface area contributed by atoms with E-state index in [2.05, 4.69) is 4.74 Å². The lowest BCUT2D eigenvalue weighted by Gasteiger charge is -2.25. The summed E-state index contributed by atoms with van der Waals surface area (Å²) >= 11 is 1.98. The summed E-state index contributed by atoms with van der Waals surface area (Å²) in [6, 6.07) is 0. The van der Waals surface area contributed by atoms with Crippen molar-refractivity contribution in [2.75, 3.05) is 7.11 Å². The van der Waals surface area contributed by atoms with Crippen LogP contribution >= 0.6 is 15.9 Å². The van der Waals surface area contributed by atoms with E-state index >= 15 is 0 Å². The number of ether oxygens (including phenoxy) is 1. The quantitative estimate of drug-likeness (QED) is 0.567. The van der Waals surface area contributed by atoms with Crippen LogP contribution in [0, 0.1) is 0 Å². The first kappa shape index (κ1) is 10.8. The molecule has 0 aromatic rings. The molecule has 0 bridgehead atoms. The third-order valence-electron chi connectivity index (χ3n) is 1.20.